The molecule has 0 heterocycles. The maximum absolute atomic E-state index is 5.54. The van der Waals surface area contributed by atoms with Crippen molar-refractivity contribution >= 4 is 8.07 Å². The molecule has 1 rings (SSSR count). The van der Waals surface area contributed by atoms with Gasteiger partial charge in [0.15, 0.2) is 0 Å². The Kier molecular flexibility index (Phi) is 4.10. The minimum Gasteiger partial charge on any atom is -0.127 e. The quantitative estimate of drug-likeness (QED) is 0.481. The monoisotopic (exact) mass is 254 g/mol. The molecule has 1 aromatic rings. The zero-order valence-corrected chi connectivity index (χ0v) is 13.3. The first-order chi connectivity index (χ1) is 8.13. The van der Waals surface area contributed by atoms with Crippen molar-refractivity contribution in [2.75, 3.05) is 0 Å². The molecule has 1 aromatic carbocycles. The van der Waals surface area contributed by atoms with Crippen molar-refractivity contribution < 1.29 is 0 Å². The van der Waals surface area contributed by atoms with Gasteiger partial charge in [0.25, 0.3) is 0 Å². The zero-order valence-electron chi connectivity index (χ0n) is 12.3. The molecular formula is C17H22Si. The third kappa shape index (κ3) is 4.10. The van der Waals surface area contributed by atoms with Crippen LogP contribution >= 0.6 is 0 Å². The van der Waals surface area contributed by atoms with E-state index in [0.29, 0.717) is 0 Å². The van der Waals surface area contributed by atoms with E-state index in [4.69, 9.17) is 6.42 Å². The Labute approximate surface area is 113 Å². The zero-order chi connectivity index (χ0) is 14.0. The van der Waals surface area contributed by atoms with Crippen molar-refractivity contribution in [3.63, 3.8) is 0 Å². The topological polar surface area (TPSA) is 0 Å². The molecule has 0 N–H and O–H groups in total. The average molecular weight is 254 g/mol. The number of hydrogen-bond acceptors (Lipinski definition) is 0. The van der Waals surface area contributed by atoms with Crippen LogP contribution in [0.1, 0.15) is 37.5 Å². The van der Waals surface area contributed by atoms with Crippen LogP contribution in [-0.2, 0) is 5.41 Å². The van der Waals surface area contributed by atoms with Gasteiger partial charge in [-0.05, 0) is 23.1 Å². The molecule has 0 aliphatic heterocycles. The first-order valence-corrected chi connectivity index (χ1v) is 9.78. The van der Waals surface area contributed by atoms with Crippen LogP contribution in [0.5, 0.6) is 0 Å². The summed E-state index contributed by atoms with van der Waals surface area (Å²) in [5.74, 6) is 6.01. The van der Waals surface area contributed by atoms with Crippen LogP contribution in [0.4, 0.5) is 0 Å². The van der Waals surface area contributed by atoms with Crippen molar-refractivity contribution in [2.24, 2.45) is 0 Å². The van der Waals surface area contributed by atoms with E-state index in [1.54, 1.807) is 0 Å². The summed E-state index contributed by atoms with van der Waals surface area (Å²) >= 11 is 0. The van der Waals surface area contributed by atoms with Gasteiger partial charge in [-0.25, -0.2) is 0 Å². The highest BCUT2D eigenvalue weighted by Gasteiger charge is 2.15. The summed E-state index contributed by atoms with van der Waals surface area (Å²) in [4.78, 5) is 0. The molecule has 0 aromatic heterocycles. The summed E-state index contributed by atoms with van der Waals surface area (Å²) in [6.07, 6.45) is 5.54. The lowest BCUT2D eigenvalue weighted by Crippen LogP contribution is -2.16. The highest BCUT2D eigenvalue weighted by atomic mass is 28.3. The summed E-state index contributed by atoms with van der Waals surface area (Å²) in [5.41, 5.74) is 6.68. The van der Waals surface area contributed by atoms with Gasteiger partial charge in [-0.2, -0.15) is 0 Å². The summed E-state index contributed by atoms with van der Waals surface area (Å²) < 4.78 is 0. The van der Waals surface area contributed by atoms with E-state index in [-0.39, 0.29) is 5.41 Å². The number of benzene rings is 1. The second-order valence-corrected chi connectivity index (χ2v) is 11.4. The standard InChI is InChI=1S/C17H22Si/c1-8-14-9-10-16(17(2,3)4)13-15(14)11-12-18(5,6)7/h1,9-10,13H,2-7H3. The van der Waals surface area contributed by atoms with E-state index in [2.05, 4.69) is 69.9 Å². The van der Waals surface area contributed by atoms with E-state index in [1.165, 1.54) is 5.56 Å². The molecule has 0 saturated heterocycles. The summed E-state index contributed by atoms with van der Waals surface area (Å²) in [7, 11) is -1.37. The largest absolute Gasteiger partial charge is 0.129 e. The van der Waals surface area contributed by atoms with Gasteiger partial charge in [0.05, 0.1) is 0 Å². The Bertz CT molecular complexity index is 534. The lowest BCUT2D eigenvalue weighted by atomic mass is 9.85. The SMILES string of the molecule is C#Cc1ccc(C(C)(C)C)cc1C#C[Si](C)(C)C. The minimum atomic E-state index is -1.37. The molecule has 94 valence electrons. The molecule has 0 fully saturated rings. The van der Waals surface area contributed by atoms with E-state index < -0.39 is 8.07 Å². The molecule has 1 heteroatoms. The molecule has 0 aliphatic rings. The van der Waals surface area contributed by atoms with Crippen molar-refractivity contribution in [3.05, 3.63) is 34.9 Å². The van der Waals surface area contributed by atoms with Gasteiger partial charge in [0.1, 0.15) is 8.07 Å². The third-order valence-corrected chi connectivity index (χ3v) is 3.49. The second kappa shape index (κ2) is 5.05. The lowest BCUT2D eigenvalue weighted by Gasteiger charge is -2.19. The van der Waals surface area contributed by atoms with E-state index in [1.807, 2.05) is 6.07 Å². The van der Waals surface area contributed by atoms with Crippen LogP contribution in [0.15, 0.2) is 18.2 Å². The Morgan fingerprint density at radius 1 is 1.06 bits per heavy atom. The molecule has 0 amide bonds. The molecule has 0 bridgehead atoms. The van der Waals surface area contributed by atoms with Crippen molar-refractivity contribution in [2.45, 2.75) is 45.8 Å². The van der Waals surface area contributed by atoms with Crippen LogP contribution in [0.25, 0.3) is 0 Å². The number of terminal acetylenes is 1. The average Bonchev–Trinajstić information content (AvgIpc) is 2.23. The fourth-order valence-electron chi connectivity index (χ4n) is 1.49. The van der Waals surface area contributed by atoms with Gasteiger partial charge in [0, 0.05) is 11.1 Å². The molecule has 18 heavy (non-hydrogen) atoms. The fraction of sp³-hybridized carbons (Fsp3) is 0.412. The van der Waals surface area contributed by atoms with Crippen molar-refractivity contribution in [1.29, 1.82) is 0 Å². The van der Waals surface area contributed by atoms with Crippen LogP contribution in [-0.4, -0.2) is 8.07 Å². The summed E-state index contributed by atoms with van der Waals surface area (Å²) in [6.45, 7) is 13.3. The normalized spacial score (nSPS) is 11.4. The lowest BCUT2D eigenvalue weighted by molar-refractivity contribution is 0.590. The maximum Gasteiger partial charge on any atom is 0.129 e. The van der Waals surface area contributed by atoms with Gasteiger partial charge < -0.3 is 0 Å². The van der Waals surface area contributed by atoms with E-state index >= 15 is 0 Å². The van der Waals surface area contributed by atoms with Gasteiger partial charge in [-0.1, -0.05) is 58.3 Å². The third-order valence-electron chi connectivity index (χ3n) is 2.61. The summed E-state index contributed by atoms with van der Waals surface area (Å²) in [6, 6.07) is 6.26. The molecule has 0 spiro atoms. The van der Waals surface area contributed by atoms with Crippen molar-refractivity contribution in [1.82, 2.24) is 0 Å². The molecule has 0 unspecified atom stereocenters. The Morgan fingerprint density at radius 2 is 1.67 bits per heavy atom. The Morgan fingerprint density at radius 3 is 2.11 bits per heavy atom. The van der Waals surface area contributed by atoms with Crippen LogP contribution in [0, 0.1) is 23.8 Å². The minimum absolute atomic E-state index is 0.128. The molecule has 0 atom stereocenters. The predicted octanol–water partition coefficient (Wildman–Crippen LogP) is 4.19. The molecule has 0 radical (unpaired) electrons. The smallest absolute Gasteiger partial charge is 0.127 e. The number of rotatable bonds is 0. The van der Waals surface area contributed by atoms with Gasteiger partial charge in [-0.3, -0.25) is 0 Å². The van der Waals surface area contributed by atoms with Gasteiger partial charge in [-0.15, -0.1) is 12.0 Å². The molecular weight excluding hydrogens is 232 g/mol. The second-order valence-electron chi connectivity index (χ2n) is 6.65. The predicted molar refractivity (Wildman–Crippen MR) is 83.3 cm³/mol. The van der Waals surface area contributed by atoms with Crippen LogP contribution in [0.3, 0.4) is 0 Å². The Hall–Kier alpha value is -1.44. The molecule has 0 aliphatic carbocycles. The molecule has 0 saturated carbocycles. The number of hydrogen-bond donors (Lipinski definition) is 0. The maximum atomic E-state index is 5.54. The molecule has 0 nitrogen and oxygen atoms in total. The fourth-order valence-corrected chi connectivity index (χ4v) is 2.00. The van der Waals surface area contributed by atoms with Crippen molar-refractivity contribution in [3.8, 4) is 23.8 Å². The van der Waals surface area contributed by atoms with Gasteiger partial charge in [0.2, 0.25) is 0 Å². The highest BCUT2D eigenvalue weighted by molar-refractivity contribution is 6.83. The highest BCUT2D eigenvalue weighted by Crippen LogP contribution is 2.24. The first-order valence-electron chi connectivity index (χ1n) is 6.28. The van der Waals surface area contributed by atoms with E-state index in [9.17, 15) is 0 Å². The van der Waals surface area contributed by atoms with Crippen LogP contribution < -0.4 is 0 Å². The summed E-state index contributed by atoms with van der Waals surface area (Å²) in [5, 5.41) is 0. The van der Waals surface area contributed by atoms with Crippen LogP contribution in [0.2, 0.25) is 19.6 Å². The first kappa shape index (κ1) is 14.6. The van der Waals surface area contributed by atoms with E-state index in [0.717, 1.165) is 11.1 Å². The van der Waals surface area contributed by atoms with Gasteiger partial charge >= 0.3 is 0 Å². The Balaban J connectivity index is 3.32.